The van der Waals surface area contributed by atoms with E-state index in [-0.39, 0.29) is 28.0 Å². The van der Waals surface area contributed by atoms with Crippen LogP contribution in [-0.2, 0) is 30.1 Å². The van der Waals surface area contributed by atoms with E-state index in [1.54, 1.807) is 154 Å². The molecule has 0 saturated carbocycles. The van der Waals surface area contributed by atoms with Gasteiger partial charge in [0.1, 0.15) is 23.7 Å². The van der Waals surface area contributed by atoms with Crippen molar-refractivity contribution in [1.82, 2.24) is 0 Å². The molecule has 0 amide bonds. The lowest BCUT2D eigenvalue weighted by atomic mass is 9.94. The summed E-state index contributed by atoms with van der Waals surface area (Å²) in [5, 5.41) is 0. The summed E-state index contributed by atoms with van der Waals surface area (Å²) in [5.41, 5.74) is 9.01. The Labute approximate surface area is 352 Å². The molecule has 61 heavy (non-hydrogen) atoms. The molecule has 6 aromatic rings. The maximum absolute atomic E-state index is 14.1. The average molecular weight is 822 g/mol. The highest BCUT2D eigenvalue weighted by atomic mass is 16.7. The zero-order valence-corrected chi connectivity index (χ0v) is 33.3. The van der Waals surface area contributed by atoms with Crippen molar-refractivity contribution in [3.8, 4) is 11.5 Å². The van der Waals surface area contributed by atoms with Crippen molar-refractivity contribution in [2.75, 3.05) is 12.8 Å². The first-order chi connectivity index (χ1) is 29.7. The summed E-state index contributed by atoms with van der Waals surface area (Å²) in [4.78, 5) is 55.6. The number of methoxy groups -OCH3 is 1. The molecule has 12 nitrogen and oxygen atoms in total. The van der Waals surface area contributed by atoms with E-state index < -0.39 is 60.7 Å². The number of carbonyl (C=O) groups excluding carboxylic acids is 4. The molecule has 1 heterocycles. The van der Waals surface area contributed by atoms with Crippen molar-refractivity contribution in [1.29, 1.82) is 0 Å². The van der Waals surface area contributed by atoms with E-state index in [2.05, 4.69) is 0 Å². The summed E-state index contributed by atoms with van der Waals surface area (Å²) in [7, 11) is 1.58. The van der Waals surface area contributed by atoms with Gasteiger partial charge in [-0.15, -0.1) is 0 Å². The second kappa shape index (κ2) is 19.5. The Morgan fingerprint density at radius 1 is 0.574 bits per heavy atom. The van der Waals surface area contributed by atoms with Crippen LogP contribution < -0.4 is 15.2 Å². The first-order valence-corrected chi connectivity index (χ1v) is 19.5. The number of hydrogen-bond donors (Lipinski definition) is 1. The van der Waals surface area contributed by atoms with Gasteiger partial charge in [-0.25, -0.2) is 19.2 Å². The van der Waals surface area contributed by atoms with Crippen LogP contribution in [0.3, 0.4) is 0 Å². The van der Waals surface area contributed by atoms with Gasteiger partial charge < -0.3 is 38.9 Å². The zero-order valence-electron chi connectivity index (χ0n) is 33.3. The quantitative estimate of drug-likeness (QED) is 0.0644. The van der Waals surface area contributed by atoms with E-state index in [0.717, 1.165) is 5.56 Å². The molecule has 12 heteroatoms. The minimum absolute atomic E-state index is 0.158. The summed E-state index contributed by atoms with van der Waals surface area (Å²) < 4.78 is 43.3. The van der Waals surface area contributed by atoms with Crippen molar-refractivity contribution in [3.05, 3.63) is 197 Å². The van der Waals surface area contributed by atoms with E-state index in [1.165, 1.54) is 0 Å². The van der Waals surface area contributed by atoms with E-state index in [0.29, 0.717) is 23.4 Å². The van der Waals surface area contributed by atoms with Gasteiger partial charge >= 0.3 is 23.9 Å². The Bertz CT molecular complexity index is 2410. The van der Waals surface area contributed by atoms with E-state index in [1.807, 2.05) is 24.3 Å². The molecule has 6 atom stereocenters. The van der Waals surface area contributed by atoms with Gasteiger partial charge in [0.05, 0.1) is 29.4 Å². The third-order valence-corrected chi connectivity index (χ3v) is 9.94. The summed E-state index contributed by atoms with van der Waals surface area (Å²) in [5.74, 6) is -2.22. The Morgan fingerprint density at radius 2 is 1.03 bits per heavy atom. The van der Waals surface area contributed by atoms with Crippen molar-refractivity contribution in [3.63, 3.8) is 0 Å². The standard InChI is InChI=1S/C49H43NO11/c1-31(56-45(51)33-15-7-3-8-16-33)41-42(58-46(52)34-17-9-4-10-18-34)43(59-47(53)35-19-11-5-12-20-35)44(60-48(54)36-21-13-6-14-22-36)49(61-41)57-40-30-38(50)26-25-37(40)29-32-23-27-39(55-2)28-24-32/h3-28,30-31,41-44,49H,29,50H2,1-2H3/t31-,41+,42+,43-,44+,49+/m0/s1. The minimum Gasteiger partial charge on any atom is -0.497 e. The third kappa shape index (κ3) is 10.4. The van der Waals surface area contributed by atoms with Crippen molar-refractivity contribution >= 4 is 29.6 Å². The SMILES string of the molecule is COc1ccc(Cc2ccc(N)cc2O[C@@H]2O[C@H]([C@H](C)OC(=O)c3ccccc3)[C@@H](OC(=O)c3ccccc3)[C@H](OC(=O)c3ccccc3)[C@H]2OC(=O)c2ccccc2)cc1. The Morgan fingerprint density at radius 3 is 1.52 bits per heavy atom. The van der Waals surface area contributed by atoms with Gasteiger partial charge in [-0.2, -0.15) is 0 Å². The van der Waals surface area contributed by atoms with Crippen LogP contribution in [0.15, 0.2) is 164 Å². The fourth-order valence-electron chi connectivity index (χ4n) is 6.79. The summed E-state index contributed by atoms with van der Waals surface area (Å²) in [6.45, 7) is 1.55. The van der Waals surface area contributed by atoms with Crippen molar-refractivity contribution < 1.29 is 52.3 Å². The molecule has 0 aliphatic carbocycles. The molecule has 2 N–H and O–H groups in total. The predicted octanol–water partition coefficient (Wildman–Crippen LogP) is 7.89. The Hall–Kier alpha value is -7.44. The maximum Gasteiger partial charge on any atom is 0.338 e. The van der Waals surface area contributed by atoms with Crippen LogP contribution in [0.2, 0.25) is 0 Å². The molecule has 1 aliphatic heterocycles. The topological polar surface area (TPSA) is 159 Å². The van der Waals surface area contributed by atoms with Gasteiger partial charge in [0.25, 0.3) is 0 Å². The smallest absolute Gasteiger partial charge is 0.338 e. The molecule has 1 fully saturated rings. The number of rotatable bonds is 14. The fraction of sp³-hybridized carbons (Fsp3) is 0.184. The van der Waals surface area contributed by atoms with Gasteiger partial charge in [-0.05, 0) is 84.8 Å². The third-order valence-electron chi connectivity index (χ3n) is 9.94. The van der Waals surface area contributed by atoms with Crippen molar-refractivity contribution in [2.45, 2.75) is 50.2 Å². The van der Waals surface area contributed by atoms with E-state index >= 15 is 0 Å². The highest BCUT2D eigenvalue weighted by Crippen LogP contribution is 2.36. The number of hydrogen-bond acceptors (Lipinski definition) is 12. The molecule has 0 aromatic heterocycles. The molecule has 310 valence electrons. The highest BCUT2D eigenvalue weighted by molar-refractivity contribution is 5.91. The molecule has 7 rings (SSSR count). The molecule has 1 saturated heterocycles. The molecular formula is C49H43NO11. The number of carbonyl (C=O) groups is 4. The molecule has 1 aliphatic rings. The number of ether oxygens (including phenoxy) is 7. The second-order valence-corrected chi connectivity index (χ2v) is 14.2. The fourth-order valence-corrected chi connectivity index (χ4v) is 6.79. The second-order valence-electron chi connectivity index (χ2n) is 14.2. The summed E-state index contributed by atoms with van der Waals surface area (Å²) in [6.07, 6.45) is -8.52. The molecular weight excluding hydrogens is 779 g/mol. The van der Waals surface area contributed by atoms with Gasteiger partial charge in [-0.1, -0.05) is 91.0 Å². The number of benzene rings is 6. The lowest BCUT2D eigenvalue weighted by molar-refractivity contribution is -0.284. The van der Waals surface area contributed by atoms with Gasteiger partial charge in [-0.3, -0.25) is 0 Å². The minimum atomic E-state index is -1.61. The van der Waals surface area contributed by atoms with Crippen LogP contribution in [0.4, 0.5) is 5.69 Å². The van der Waals surface area contributed by atoms with Gasteiger partial charge in [0.2, 0.25) is 12.4 Å². The predicted molar refractivity (Wildman–Crippen MR) is 224 cm³/mol. The Kier molecular flexibility index (Phi) is 13.4. The van der Waals surface area contributed by atoms with Crippen LogP contribution in [-0.4, -0.2) is 67.8 Å². The van der Waals surface area contributed by atoms with E-state index in [4.69, 9.17) is 38.9 Å². The van der Waals surface area contributed by atoms with Gasteiger partial charge in [0, 0.05) is 18.2 Å². The molecule has 0 bridgehead atoms. The normalized spacial score (nSPS) is 18.8. The van der Waals surface area contributed by atoms with Crippen molar-refractivity contribution in [2.24, 2.45) is 0 Å². The summed E-state index contributed by atoms with van der Waals surface area (Å²) >= 11 is 0. The average Bonchev–Trinajstić information content (AvgIpc) is 3.30. The van der Waals surface area contributed by atoms with Crippen LogP contribution >= 0.6 is 0 Å². The zero-order chi connectivity index (χ0) is 42.7. The molecule has 0 unspecified atom stereocenters. The Balaban J connectivity index is 1.34. The number of esters is 4. The van der Waals surface area contributed by atoms with E-state index in [9.17, 15) is 19.2 Å². The first kappa shape index (κ1) is 41.7. The number of nitrogens with two attached hydrogens (primary N) is 1. The van der Waals surface area contributed by atoms with Crippen LogP contribution in [0.5, 0.6) is 11.5 Å². The first-order valence-electron chi connectivity index (χ1n) is 19.5. The molecule has 0 radical (unpaired) electrons. The lowest BCUT2D eigenvalue weighted by Gasteiger charge is -2.45. The largest absolute Gasteiger partial charge is 0.497 e. The number of nitrogen functional groups attached to an aromatic ring is 1. The monoisotopic (exact) mass is 821 g/mol. The number of anilines is 1. The molecule has 0 spiro atoms. The summed E-state index contributed by atoms with van der Waals surface area (Å²) in [6, 6.07) is 45.4. The van der Waals surface area contributed by atoms with Crippen LogP contribution in [0, 0.1) is 0 Å². The molecule has 6 aromatic carbocycles. The maximum atomic E-state index is 14.1. The van der Waals surface area contributed by atoms with Gasteiger partial charge in [0.15, 0.2) is 12.2 Å². The van der Waals surface area contributed by atoms with Crippen LogP contribution in [0.25, 0.3) is 0 Å². The highest BCUT2D eigenvalue weighted by Gasteiger charge is 2.56. The van der Waals surface area contributed by atoms with Crippen LogP contribution in [0.1, 0.15) is 59.5 Å². The lowest BCUT2D eigenvalue weighted by Crippen LogP contribution is -2.65.